The van der Waals surface area contributed by atoms with Crippen molar-refractivity contribution in [1.82, 2.24) is 14.5 Å². The van der Waals surface area contributed by atoms with Gasteiger partial charge in [0, 0.05) is 25.8 Å². The Labute approximate surface area is 183 Å². The van der Waals surface area contributed by atoms with E-state index in [2.05, 4.69) is 20.2 Å². The second-order valence-corrected chi connectivity index (χ2v) is 9.53. The van der Waals surface area contributed by atoms with Crippen LogP contribution in [0.25, 0.3) is 10.3 Å². The van der Waals surface area contributed by atoms with E-state index in [1.165, 1.54) is 34.1 Å². The molecule has 0 aliphatic carbocycles. The van der Waals surface area contributed by atoms with E-state index < -0.39 is 0 Å². The van der Waals surface area contributed by atoms with Crippen LogP contribution >= 0.6 is 23.1 Å². The Bertz CT molecular complexity index is 1150. The van der Waals surface area contributed by atoms with Crippen LogP contribution in [0.15, 0.2) is 28.2 Å². The summed E-state index contributed by atoms with van der Waals surface area (Å²) < 4.78 is 2.08. The average Bonchev–Trinajstić information content (AvgIpc) is 3.17. The highest BCUT2D eigenvalue weighted by molar-refractivity contribution is 7.99. The summed E-state index contributed by atoms with van der Waals surface area (Å²) in [5.74, 6) is 0.0379. The molecule has 0 radical (unpaired) electrons. The summed E-state index contributed by atoms with van der Waals surface area (Å²) in [7, 11) is 1.69. The molecule has 4 rings (SSSR count). The maximum absolute atomic E-state index is 12.8. The molecule has 1 N–H and O–H groups in total. The molecule has 1 aliphatic rings. The van der Waals surface area contributed by atoms with Gasteiger partial charge < -0.3 is 10.2 Å². The molecule has 0 atom stereocenters. The largest absolute Gasteiger partial charge is 0.348 e. The standard InChI is InChI=1S/C21H25N5O2S2/c1-13-7-8-15(14(2)11-13)22-16(27)12-29-20-23-18-17(19(28)25(20)3)30-21(24-18)26-9-5-4-6-10-26/h7-8,11H,4-6,9-10,12H2,1-3H3,(H,22,27). The van der Waals surface area contributed by atoms with Crippen molar-refractivity contribution >= 4 is 50.2 Å². The number of hydrogen-bond acceptors (Lipinski definition) is 7. The Balaban J connectivity index is 1.50. The SMILES string of the molecule is Cc1ccc(NC(=O)CSc2nc3nc(N4CCCCC4)sc3c(=O)n2C)c(C)c1. The Kier molecular flexibility index (Phi) is 6.10. The number of nitrogens with one attached hydrogen (secondary N) is 1. The number of thioether (sulfide) groups is 1. The van der Waals surface area contributed by atoms with Gasteiger partial charge >= 0.3 is 0 Å². The first kappa shape index (κ1) is 20.9. The number of amides is 1. The Morgan fingerprint density at radius 1 is 1.20 bits per heavy atom. The smallest absolute Gasteiger partial charge is 0.273 e. The van der Waals surface area contributed by atoms with E-state index in [1.54, 1.807) is 7.05 Å². The van der Waals surface area contributed by atoms with Crippen molar-refractivity contribution in [3.8, 4) is 0 Å². The molecule has 158 valence electrons. The number of piperidine rings is 1. The maximum Gasteiger partial charge on any atom is 0.273 e. The highest BCUT2D eigenvalue weighted by Gasteiger charge is 2.19. The van der Waals surface area contributed by atoms with Crippen LogP contribution in [-0.2, 0) is 11.8 Å². The minimum atomic E-state index is -0.131. The highest BCUT2D eigenvalue weighted by Crippen LogP contribution is 2.29. The minimum absolute atomic E-state index is 0.113. The van der Waals surface area contributed by atoms with Gasteiger partial charge in [-0.1, -0.05) is 40.8 Å². The monoisotopic (exact) mass is 443 g/mol. The lowest BCUT2D eigenvalue weighted by atomic mass is 10.1. The van der Waals surface area contributed by atoms with Crippen LogP contribution in [0, 0.1) is 13.8 Å². The number of hydrogen-bond donors (Lipinski definition) is 1. The van der Waals surface area contributed by atoms with Gasteiger partial charge in [-0.05, 0) is 44.7 Å². The minimum Gasteiger partial charge on any atom is -0.348 e. The van der Waals surface area contributed by atoms with Crippen LogP contribution < -0.4 is 15.8 Å². The number of fused-ring (bicyclic) bond motifs is 1. The van der Waals surface area contributed by atoms with Crippen LogP contribution in [-0.4, -0.2) is 39.3 Å². The molecule has 1 fully saturated rings. The van der Waals surface area contributed by atoms with Crippen LogP contribution in [0.1, 0.15) is 30.4 Å². The lowest BCUT2D eigenvalue weighted by Gasteiger charge is -2.25. The predicted octanol–water partition coefficient (Wildman–Crippen LogP) is 3.73. The summed E-state index contributed by atoms with van der Waals surface area (Å²) >= 11 is 2.66. The molecular weight excluding hydrogens is 418 g/mol. The number of carbonyl (C=O) groups is 1. The third kappa shape index (κ3) is 4.37. The maximum atomic E-state index is 12.8. The first-order valence-electron chi connectivity index (χ1n) is 10.0. The van der Waals surface area contributed by atoms with Crippen molar-refractivity contribution in [2.75, 3.05) is 29.1 Å². The van der Waals surface area contributed by atoms with Gasteiger partial charge in [-0.25, -0.2) is 4.98 Å². The molecule has 0 spiro atoms. The fraction of sp³-hybridized carbons (Fsp3) is 0.429. The molecule has 9 heteroatoms. The molecule has 7 nitrogen and oxygen atoms in total. The molecule has 1 aromatic carbocycles. The van der Waals surface area contributed by atoms with Crippen LogP contribution in [0.5, 0.6) is 0 Å². The number of nitrogens with zero attached hydrogens (tertiary/aromatic N) is 4. The normalized spacial score (nSPS) is 14.3. The summed E-state index contributed by atoms with van der Waals surface area (Å²) in [6.07, 6.45) is 3.54. The van der Waals surface area contributed by atoms with Gasteiger partial charge in [0.25, 0.3) is 5.56 Å². The first-order chi connectivity index (χ1) is 14.4. The fourth-order valence-corrected chi connectivity index (χ4v) is 5.33. The molecule has 2 aromatic heterocycles. The molecule has 0 saturated carbocycles. The van der Waals surface area contributed by atoms with Gasteiger partial charge in [-0.2, -0.15) is 4.98 Å². The predicted molar refractivity (Wildman–Crippen MR) is 124 cm³/mol. The van der Waals surface area contributed by atoms with Crippen molar-refractivity contribution in [3.05, 3.63) is 39.7 Å². The third-order valence-electron chi connectivity index (χ3n) is 5.20. The van der Waals surface area contributed by atoms with Crippen molar-refractivity contribution < 1.29 is 4.79 Å². The van der Waals surface area contributed by atoms with Crippen molar-refractivity contribution in [1.29, 1.82) is 0 Å². The van der Waals surface area contributed by atoms with E-state index in [4.69, 9.17) is 0 Å². The summed E-state index contributed by atoms with van der Waals surface area (Å²) in [6.45, 7) is 5.93. The Morgan fingerprint density at radius 3 is 2.70 bits per heavy atom. The number of anilines is 2. The molecule has 30 heavy (non-hydrogen) atoms. The number of rotatable bonds is 5. The second kappa shape index (κ2) is 8.77. The lowest BCUT2D eigenvalue weighted by molar-refractivity contribution is -0.113. The number of carbonyl (C=O) groups excluding carboxylic acids is 1. The lowest BCUT2D eigenvalue weighted by Crippen LogP contribution is -2.29. The van der Waals surface area contributed by atoms with E-state index >= 15 is 0 Å². The zero-order valence-electron chi connectivity index (χ0n) is 17.4. The van der Waals surface area contributed by atoms with Gasteiger partial charge in [-0.3, -0.25) is 14.2 Å². The van der Waals surface area contributed by atoms with Crippen LogP contribution in [0.3, 0.4) is 0 Å². The van der Waals surface area contributed by atoms with E-state index in [0.717, 1.165) is 47.9 Å². The van der Waals surface area contributed by atoms with Crippen molar-refractivity contribution in [2.24, 2.45) is 7.05 Å². The van der Waals surface area contributed by atoms with Gasteiger partial charge in [0.15, 0.2) is 15.9 Å². The molecule has 0 bridgehead atoms. The number of thiazole rings is 1. The van der Waals surface area contributed by atoms with Gasteiger partial charge in [0.2, 0.25) is 5.91 Å². The third-order valence-corrected chi connectivity index (χ3v) is 7.32. The summed E-state index contributed by atoms with van der Waals surface area (Å²) in [4.78, 5) is 36.7. The van der Waals surface area contributed by atoms with Crippen molar-refractivity contribution in [2.45, 2.75) is 38.3 Å². The van der Waals surface area contributed by atoms with E-state index in [-0.39, 0.29) is 17.2 Å². The molecule has 1 amide bonds. The van der Waals surface area contributed by atoms with Gasteiger partial charge in [0.1, 0.15) is 4.70 Å². The molecule has 0 unspecified atom stereocenters. The average molecular weight is 444 g/mol. The molecule has 3 aromatic rings. The van der Waals surface area contributed by atoms with Crippen molar-refractivity contribution in [3.63, 3.8) is 0 Å². The van der Waals surface area contributed by atoms with Gasteiger partial charge in [0.05, 0.1) is 5.75 Å². The summed E-state index contributed by atoms with van der Waals surface area (Å²) in [5, 5.41) is 4.29. The topological polar surface area (TPSA) is 80.1 Å². The highest BCUT2D eigenvalue weighted by atomic mass is 32.2. The fourth-order valence-electron chi connectivity index (χ4n) is 3.54. The van der Waals surface area contributed by atoms with E-state index in [9.17, 15) is 9.59 Å². The zero-order chi connectivity index (χ0) is 21.3. The first-order valence-corrected chi connectivity index (χ1v) is 11.8. The molecule has 1 saturated heterocycles. The Morgan fingerprint density at radius 2 is 1.97 bits per heavy atom. The number of aryl methyl sites for hydroxylation is 2. The number of aromatic nitrogens is 3. The summed E-state index contributed by atoms with van der Waals surface area (Å²) in [5.41, 5.74) is 3.33. The van der Waals surface area contributed by atoms with Crippen LogP contribution in [0.2, 0.25) is 0 Å². The molecule has 1 aliphatic heterocycles. The van der Waals surface area contributed by atoms with E-state index in [0.29, 0.717) is 15.5 Å². The summed E-state index contributed by atoms with van der Waals surface area (Å²) in [6, 6.07) is 5.91. The van der Waals surface area contributed by atoms with E-state index in [1.807, 2.05) is 32.0 Å². The quantitative estimate of drug-likeness (QED) is 0.478. The van der Waals surface area contributed by atoms with Gasteiger partial charge in [-0.15, -0.1) is 0 Å². The van der Waals surface area contributed by atoms with Crippen LogP contribution in [0.4, 0.5) is 10.8 Å². The Hall–Kier alpha value is -2.39. The molecule has 3 heterocycles. The second-order valence-electron chi connectivity index (χ2n) is 7.61. The molecular formula is C21H25N5O2S2. The number of benzene rings is 1. The zero-order valence-corrected chi connectivity index (χ0v) is 19.0.